The second kappa shape index (κ2) is 3.48. The van der Waals surface area contributed by atoms with E-state index in [0.29, 0.717) is 6.61 Å². The van der Waals surface area contributed by atoms with Gasteiger partial charge in [0, 0.05) is 6.42 Å². The standard InChI is InChI=1S/C7H10O4/c1-2-10-7(9)6-3-5(8)4-11-6/h6H,2-4H2,1H3/t6-/m1/s1. The lowest BCUT2D eigenvalue weighted by atomic mass is 10.2. The Morgan fingerprint density at radius 3 is 3.00 bits per heavy atom. The van der Waals surface area contributed by atoms with Gasteiger partial charge in [-0.05, 0) is 6.92 Å². The van der Waals surface area contributed by atoms with Crippen LogP contribution < -0.4 is 0 Å². The van der Waals surface area contributed by atoms with Gasteiger partial charge in [-0.1, -0.05) is 0 Å². The molecule has 62 valence electrons. The average Bonchev–Trinajstić information content (AvgIpc) is 2.36. The van der Waals surface area contributed by atoms with Crippen molar-refractivity contribution < 1.29 is 19.1 Å². The van der Waals surface area contributed by atoms with Crippen LogP contribution >= 0.6 is 0 Å². The molecule has 0 aromatic carbocycles. The second-order valence-electron chi connectivity index (χ2n) is 2.29. The van der Waals surface area contributed by atoms with Crippen molar-refractivity contribution >= 4 is 11.8 Å². The third-order valence-corrected chi connectivity index (χ3v) is 1.41. The van der Waals surface area contributed by atoms with Gasteiger partial charge >= 0.3 is 5.97 Å². The Bertz CT molecular complexity index is 175. The zero-order chi connectivity index (χ0) is 8.27. The van der Waals surface area contributed by atoms with Gasteiger partial charge in [-0.2, -0.15) is 0 Å². The smallest absolute Gasteiger partial charge is 0.335 e. The van der Waals surface area contributed by atoms with Crippen molar-refractivity contribution in [2.45, 2.75) is 19.4 Å². The van der Waals surface area contributed by atoms with Crippen LogP contribution in [-0.2, 0) is 19.1 Å². The predicted octanol–water partition coefficient (Wildman–Crippen LogP) is -0.0925. The molecule has 1 aliphatic heterocycles. The van der Waals surface area contributed by atoms with Crippen molar-refractivity contribution in [2.24, 2.45) is 0 Å². The number of ether oxygens (including phenoxy) is 2. The van der Waals surface area contributed by atoms with Crippen LogP contribution in [0.2, 0.25) is 0 Å². The molecule has 0 bridgehead atoms. The van der Waals surface area contributed by atoms with Crippen LogP contribution in [0, 0.1) is 0 Å². The minimum absolute atomic E-state index is 0.0388. The van der Waals surface area contributed by atoms with E-state index in [1.165, 1.54) is 0 Å². The molecule has 1 rings (SSSR count). The molecular formula is C7H10O4. The van der Waals surface area contributed by atoms with E-state index in [-0.39, 0.29) is 18.8 Å². The predicted molar refractivity (Wildman–Crippen MR) is 36.0 cm³/mol. The molecule has 0 aromatic rings. The molecule has 11 heavy (non-hydrogen) atoms. The third kappa shape index (κ3) is 2.01. The van der Waals surface area contributed by atoms with Gasteiger partial charge in [0.25, 0.3) is 0 Å². The molecule has 0 saturated carbocycles. The van der Waals surface area contributed by atoms with Crippen LogP contribution in [0.4, 0.5) is 0 Å². The number of hydrogen-bond acceptors (Lipinski definition) is 4. The second-order valence-corrected chi connectivity index (χ2v) is 2.29. The van der Waals surface area contributed by atoms with Crippen molar-refractivity contribution in [1.82, 2.24) is 0 Å². The normalized spacial score (nSPS) is 23.7. The first-order chi connectivity index (χ1) is 5.24. The summed E-state index contributed by atoms with van der Waals surface area (Å²) in [6.07, 6.45) is -0.485. The summed E-state index contributed by atoms with van der Waals surface area (Å²) in [5, 5.41) is 0. The fourth-order valence-electron chi connectivity index (χ4n) is 0.905. The SMILES string of the molecule is CCOC(=O)[C@H]1CC(=O)CO1. The zero-order valence-electron chi connectivity index (χ0n) is 6.33. The van der Waals surface area contributed by atoms with Crippen molar-refractivity contribution in [2.75, 3.05) is 13.2 Å². The Kier molecular flexibility index (Phi) is 2.59. The zero-order valence-corrected chi connectivity index (χ0v) is 6.33. The average molecular weight is 158 g/mol. The lowest BCUT2D eigenvalue weighted by Gasteiger charge is -2.05. The van der Waals surface area contributed by atoms with Crippen LogP contribution in [0.3, 0.4) is 0 Å². The van der Waals surface area contributed by atoms with Crippen molar-refractivity contribution in [3.8, 4) is 0 Å². The molecule has 4 heteroatoms. The van der Waals surface area contributed by atoms with Crippen LogP contribution in [0.15, 0.2) is 0 Å². The minimum atomic E-state index is -0.651. The Balaban J connectivity index is 2.37. The van der Waals surface area contributed by atoms with Gasteiger partial charge in [0.05, 0.1) is 6.61 Å². The molecule has 0 radical (unpaired) electrons. The van der Waals surface area contributed by atoms with Gasteiger partial charge in [0.15, 0.2) is 11.9 Å². The highest BCUT2D eigenvalue weighted by atomic mass is 16.6. The van der Waals surface area contributed by atoms with E-state index in [1.807, 2.05) is 0 Å². The number of carbonyl (C=O) groups is 2. The highest BCUT2D eigenvalue weighted by molar-refractivity contribution is 5.89. The molecule has 1 fully saturated rings. The first-order valence-electron chi connectivity index (χ1n) is 3.54. The van der Waals surface area contributed by atoms with Gasteiger partial charge in [0.2, 0.25) is 0 Å². The largest absolute Gasteiger partial charge is 0.464 e. The monoisotopic (exact) mass is 158 g/mol. The third-order valence-electron chi connectivity index (χ3n) is 1.41. The van der Waals surface area contributed by atoms with E-state index in [0.717, 1.165) is 0 Å². The maximum absolute atomic E-state index is 10.9. The summed E-state index contributed by atoms with van der Waals surface area (Å²) in [4.78, 5) is 21.5. The van der Waals surface area contributed by atoms with Crippen LogP contribution in [0.25, 0.3) is 0 Å². The van der Waals surface area contributed by atoms with E-state index in [2.05, 4.69) is 4.74 Å². The molecule has 1 aliphatic rings. The van der Waals surface area contributed by atoms with Crippen molar-refractivity contribution in [3.63, 3.8) is 0 Å². The maximum atomic E-state index is 10.9. The van der Waals surface area contributed by atoms with Gasteiger partial charge < -0.3 is 9.47 Å². The molecule has 0 aromatic heterocycles. The van der Waals surface area contributed by atoms with Crippen LogP contribution in [0.1, 0.15) is 13.3 Å². The summed E-state index contributed by atoms with van der Waals surface area (Å²) < 4.78 is 9.51. The number of esters is 1. The maximum Gasteiger partial charge on any atom is 0.335 e. The van der Waals surface area contributed by atoms with E-state index >= 15 is 0 Å². The number of carbonyl (C=O) groups excluding carboxylic acids is 2. The Labute approximate surface area is 64.5 Å². The molecular weight excluding hydrogens is 148 g/mol. The van der Waals surface area contributed by atoms with Crippen molar-refractivity contribution in [1.29, 1.82) is 0 Å². The molecule has 0 aliphatic carbocycles. The first-order valence-corrected chi connectivity index (χ1v) is 3.54. The summed E-state index contributed by atoms with van der Waals surface area (Å²) in [6, 6.07) is 0. The number of hydrogen-bond donors (Lipinski definition) is 0. The highest BCUT2D eigenvalue weighted by Crippen LogP contribution is 2.10. The summed E-state index contributed by atoms with van der Waals surface area (Å²) in [7, 11) is 0. The Morgan fingerprint density at radius 2 is 2.55 bits per heavy atom. The van der Waals surface area contributed by atoms with Crippen LogP contribution in [-0.4, -0.2) is 31.1 Å². The molecule has 0 spiro atoms. The fourth-order valence-corrected chi connectivity index (χ4v) is 0.905. The molecule has 4 nitrogen and oxygen atoms in total. The summed E-state index contributed by atoms with van der Waals surface area (Å²) in [5.74, 6) is -0.471. The highest BCUT2D eigenvalue weighted by Gasteiger charge is 2.30. The molecule has 1 heterocycles. The Hall–Kier alpha value is -0.900. The minimum Gasteiger partial charge on any atom is -0.464 e. The van der Waals surface area contributed by atoms with Gasteiger partial charge in [-0.15, -0.1) is 0 Å². The molecule has 0 amide bonds. The number of ketones is 1. The molecule has 0 N–H and O–H groups in total. The van der Waals surface area contributed by atoms with Crippen molar-refractivity contribution in [3.05, 3.63) is 0 Å². The summed E-state index contributed by atoms with van der Waals surface area (Å²) in [5.41, 5.74) is 0. The lowest BCUT2D eigenvalue weighted by Crippen LogP contribution is -2.22. The first kappa shape index (κ1) is 8.20. The van der Waals surface area contributed by atoms with E-state index < -0.39 is 12.1 Å². The van der Waals surface area contributed by atoms with Gasteiger partial charge in [-0.3, -0.25) is 4.79 Å². The molecule has 0 unspecified atom stereocenters. The topological polar surface area (TPSA) is 52.6 Å². The molecule has 1 atom stereocenters. The number of rotatable bonds is 2. The summed E-state index contributed by atoms with van der Waals surface area (Å²) >= 11 is 0. The quantitative estimate of drug-likeness (QED) is 0.527. The number of Topliss-reactive ketones (excluding diaryl/α,β-unsaturated/α-hetero) is 1. The van der Waals surface area contributed by atoms with Gasteiger partial charge in [0.1, 0.15) is 6.61 Å². The van der Waals surface area contributed by atoms with E-state index in [4.69, 9.17) is 4.74 Å². The van der Waals surface area contributed by atoms with Gasteiger partial charge in [-0.25, -0.2) is 4.79 Å². The van der Waals surface area contributed by atoms with E-state index in [9.17, 15) is 9.59 Å². The Morgan fingerprint density at radius 1 is 1.82 bits per heavy atom. The van der Waals surface area contributed by atoms with Crippen LogP contribution in [0.5, 0.6) is 0 Å². The molecule has 1 saturated heterocycles. The van der Waals surface area contributed by atoms with E-state index in [1.54, 1.807) is 6.92 Å². The lowest BCUT2D eigenvalue weighted by molar-refractivity contribution is -0.153. The fraction of sp³-hybridized carbons (Fsp3) is 0.714. The summed E-state index contributed by atoms with van der Waals surface area (Å²) in [6.45, 7) is 2.09.